The molecule has 0 amide bonds. The van der Waals surface area contributed by atoms with Crippen LogP contribution in [0.2, 0.25) is 0 Å². The van der Waals surface area contributed by atoms with Crippen molar-refractivity contribution in [3.8, 4) is 0 Å². The van der Waals surface area contributed by atoms with Gasteiger partial charge in [-0.3, -0.25) is 9.80 Å². The zero-order valence-corrected chi connectivity index (χ0v) is 24.7. The van der Waals surface area contributed by atoms with Gasteiger partial charge < -0.3 is 48.4 Å². The standard InChI is InChI=1S/2C13H16F3N2.2BrH.H2O/c2*14-11-7-10(8-12(15)13(11)16)9-18-4-1-17(2-5-18)3-6-18;;;/h2*7-8H,1-6,9H2;2*1H;1H2/q2*+1;;;/p-2. The van der Waals surface area contributed by atoms with E-state index in [0.717, 1.165) is 112 Å². The van der Waals surface area contributed by atoms with Crippen LogP contribution in [-0.4, -0.2) is 103 Å². The van der Waals surface area contributed by atoms with Gasteiger partial charge in [0.15, 0.2) is 34.9 Å². The van der Waals surface area contributed by atoms with Crippen molar-refractivity contribution < 1.29 is 74.7 Å². The number of piperazine rings is 6. The fourth-order valence-electron chi connectivity index (χ4n) is 6.11. The van der Waals surface area contributed by atoms with Gasteiger partial charge in [0.25, 0.3) is 0 Å². The predicted molar refractivity (Wildman–Crippen MR) is 126 cm³/mol. The second-order valence-electron chi connectivity index (χ2n) is 10.8. The maximum atomic E-state index is 13.2. The van der Waals surface area contributed by atoms with Crippen LogP contribution in [0.25, 0.3) is 0 Å². The van der Waals surface area contributed by atoms with Gasteiger partial charge in [0.1, 0.15) is 13.1 Å². The Kier molecular flexibility index (Phi) is 11.9. The SMILES string of the molecule is Fc1cc(C[N+]23CCN(CC2)CC3)cc(F)c1F.Fc1cc(C[N+]23CCN(CC2)CC3)cc(F)c1F.O.[Br-].[Br-]. The van der Waals surface area contributed by atoms with Gasteiger partial charge in [-0.1, -0.05) is 0 Å². The summed E-state index contributed by atoms with van der Waals surface area (Å²) in [5.74, 6) is -7.08. The number of fused-ring (bicyclic) bond motifs is 6. The molecule has 6 fully saturated rings. The highest BCUT2D eigenvalue weighted by atomic mass is 79.9. The maximum absolute atomic E-state index is 13.2. The van der Waals surface area contributed by atoms with Crippen LogP contribution >= 0.6 is 0 Å². The molecule has 4 bridgehead atoms. The Morgan fingerprint density at radius 1 is 0.487 bits per heavy atom. The highest BCUT2D eigenvalue weighted by Crippen LogP contribution is 2.26. The average Bonchev–Trinajstić information content (AvgIpc) is 2.88. The molecule has 6 aliphatic heterocycles. The summed E-state index contributed by atoms with van der Waals surface area (Å²) in [7, 11) is 0. The number of hydrogen-bond acceptors (Lipinski definition) is 2. The van der Waals surface area contributed by atoms with Gasteiger partial charge in [-0.2, -0.15) is 0 Å². The largest absolute Gasteiger partial charge is 1.00 e. The van der Waals surface area contributed by atoms with E-state index >= 15 is 0 Å². The Morgan fingerprint density at radius 3 is 0.949 bits per heavy atom. The smallest absolute Gasteiger partial charge is 0.194 e. The topological polar surface area (TPSA) is 38.0 Å². The normalized spacial score (nSPS) is 28.4. The Morgan fingerprint density at radius 2 is 0.718 bits per heavy atom. The Bertz CT molecular complexity index is 967. The first-order valence-corrected chi connectivity index (χ1v) is 12.6. The Balaban J connectivity index is 0.000000254. The van der Waals surface area contributed by atoms with Gasteiger partial charge in [0.2, 0.25) is 0 Å². The lowest BCUT2D eigenvalue weighted by Crippen LogP contribution is -3.00. The van der Waals surface area contributed by atoms with Crippen molar-refractivity contribution in [3.63, 3.8) is 0 Å². The van der Waals surface area contributed by atoms with Crippen molar-refractivity contribution in [3.05, 3.63) is 70.3 Å². The zero-order chi connectivity index (χ0) is 25.5. The molecule has 0 atom stereocenters. The summed E-state index contributed by atoms with van der Waals surface area (Å²) >= 11 is 0. The molecule has 220 valence electrons. The zero-order valence-electron chi connectivity index (χ0n) is 21.5. The van der Waals surface area contributed by atoms with Gasteiger partial charge in [0, 0.05) is 50.4 Å². The lowest BCUT2D eigenvalue weighted by Gasteiger charge is -2.50. The molecule has 2 N–H and O–H groups in total. The summed E-state index contributed by atoms with van der Waals surface area (Å²) in [6.45, 7) is 13.6. The van der Waals surface area contributed by atoms with Gasteiger partial charge in [0.05, 0.1) is 39.3 Å². The van der Waals surface area contributed by atoms with Gasteiger partial charge in [-0.25, -0.2) is 26.3 Å². The monoisotopic (exact) mass is 690 g/mol. The molecule has 6 saturated heterocycles. The van der Waals surface area contributed by atoms with Crippen molar-refractivity contribution in [2.75, 3.05) is 78.5 Å². The third-order valence-electron chi connectivity index (χ3n) is 8.47. The fraction of sp³-hybridized carbons (Fsp3) is 0.538. The van der Waals surface area contributed by atoms with E-state index in [-0.39, 0.29) is 39.4 Å². The maximum Gasteiger partial charge on any atom is 0.194 e. The van der Waals surface area contributed by atoms with E-state index in [0.29, 0.717) is 24.2 Å². The Hall–Kier alpha value is -1.22. The Labute approximate surface area is 246 Å². The third-order valence-corrected chi connectivity index (χ3v) is 8.47. The van der Waals surface area contributed by atoms with E-state index in [9.17, 15) is 26.3 Å². The molecule has 2 aromatic carbocycles. The second-order valence-corrected chi connectivity index (χ2v) is 10.8. The second kappa shape index (κ2) is 13.6. The third kappa shape index (κ3) is 7.55. The molecule has 0 unspecified atom stereocenters. The van der Waals surface area contributed by atoms with Crippen molar-refractivity contribution >= 4 is 0 Å². The highest BCUT2D eigenvalue weighted by molar-refractivity contribution is 5.19. The van der Waals surface area contributed by atoms with Crippen LogP contribution in [0, 0.1) is 34.9 Å². The molecule has 0 aliphatic carbocycles. The molecule has 6 heterocycles. The van der Waals surface area contributed by atoms with Crippen LogP contribution in [-0.2, 0) is 13.1 Å². The lowest BCUT2D eigenvalue weighted by molar-refractivity contribution is -0.953. The number of quaternary nitrogens is 2. The number of benzene rings is 2. The minimum absolute atomic E-state index is 0. The van der Waals surface area contributed by atoms with Gasteiger partial charge >= 0.3 is 0 Å². The summed E-state index contributed by atoms with van der Waals surface area (Å²) in [5.41, 5.74) is 1.11. The minimum Gasteiger partial charge on any atom is -1.00 e. The summed E-state index contributed by atoms with van der Waals surface area (Å²) < 4.78 is 80.4. The van der Waals surface area contributed by atoms with Crippen LogP contribution in [0.5, 0.6) is 0 Å². The van der Waals surface area contributed by atoms with Crippen LogP contribution in [0.4, 0.5) is 26.3 Å². The molecule has 13 heteroatoms. The fourth-order valence-corrected chi connectivity index (χ4v) is 6.11. The molecule has 0 radical (unpaired) electrons. The summed E-state index contributed by atoms with van der Waals surface area (Å²) in [4.78, 5) is 4.82. The van der Waals surface area contributed by atoms with E-state index in [1.807, 2.05) is 0 Å². The quantitative estimate of drug-likeness (QED) is 0.192. The summed E-state index contributed by atoms with van der Waals surface area (Å²) in [5, 5.41) is 0. The summed E-state index contributed by atoms with van der Waals surface area (Å²) in [6, 6.07) is 4.53. The van der Waals surface area contributed by atoms with Crippen molar-refractivity contribution in [1.29, 1.82) is 0 Å². The number of rotatable bonds is 4. The minimum atomic E-state index is -1.37. The van der Waals surface area contributed by atoms with Gasteiger partial charge in [-0.05, 0) is 24.3 Å². The molecular weight excluding hydrogens is 658 g/mol. The van der Waals surface area contributed by atoms with E-state index in [1.54, 1.807) is 0 Å². The first-order valence-electron chi connectivity index (χ1n) is 12.6. The van der Waals surface area contributed by atoms with Gasteiger partial charge in [-0.15, -0.1) is 0 Å². The van der Waals surface area contributed by atoms with Crippen molar-refractivity contribution in [2.45, 2.75) is 13.1 Å². The molecular formula is C26H34Br2F6N4O. The van der Waals surface area contributed by atoms with E-state index in [1.165, 1.54) is 0 Å². The van der Waals surface area contributed by atoms with E-state index in [4.69, 9.17) is 0 Å². The molecule has 0 saturated carbocycles. The average molecular weight is 692 g/mol. The van der Waals surface area contributed by atoms with Crippen LogP contribution < -0.4 is 34.0 Å². The first-order chi connectivity index (χ1) is 17.2. The van der Waals surface area contributed by atoms with E-state index < -0.39 is 34.9 Å². The molecule has 2 aromatic rings. The number of nitrogens with zero attached hydrogens (tertiary/aromatic N) is 4. The number of hydrogen-bond donors (Lipinski definition) is 0. The summed E-state index contributed by atoms with van der Waals surface area (Å²) in [6.07, 6.45) is 0. The molecule has 0 aromatic heterocycles. The van der Waals surface area contributed by atoms with Crippen LogP contribution in [0.3, 0.4) is 0 Å². The molecule has 8 rings (SSSR count). The first kappa shape index (κ1) is 34.0. The van der Waals surface area contributed by atoms with Crippen LogP contribution in [0.1, 0.15) is 11.1 Å². The molecule has 0 spiro atoms. The van der Waals surface area contributed by atoms with Crippen molar-refractivity contribution in [1.82, 2.24) is 9.80 Å². The van der Waals surface area contributed by atoms with Crippen LogP contribution in [0.15, 0.2) is 24.3 Å². The number of halogens is 8. The highest BCUT2D eigenvalue weighted by Gasteiger charge is 2.39. The lowest BCUT2D eigenvalue weighted by atomic mass is 10.1. The molecule has 5 nitrogen and oxygen atoms in total. The molecule has 39 heavy (non-hydrogen) atoms. The van der Waals surface area contributed by atoms with E-state index in [2.05, 4.69) is 9.80 Å². The molecule has 6 aliphatic rings. The predicted octanol–water partition coefficient (Wildman–Crippen LogP) is -3.32. The van der Waals surface area contributed by atoms with Crippen molar-refractivity contribution in [2.24, 2.45) is 0 Å².